The van der Waals surface area contributed by atoms with Crippen molar-refractivity contribution in [3.8, 4) is 0 Å². The summed E-state index contributed by atoms with van der Waals surface area (Å²) in [5.74, 6) is 0.938. The van der Waals surface area contributed by atoms with Crippen LogP contribution in [-0.2, 0) is 0 Å². The van der Waals surface area contributed by atoms with Gasteiger partial charge in [0.15, 0.2) is 0 Å². The molecule has 1 fully saturated rings. The molecule has 0 aliphatic heterocycles. The molecular formula is C17H28N2. The van der Waals surface area contributed by atoms with Crippen molar-refractivity contribution in [2.24, 2.45) is 5.92 Å². The first-order valence-corrected chi connectivity index (χ1v) is 7.82. The summed E-state index contributed by atoms with van der Waals surface area (Å²) in [4.78, 5) is 2.47. The molecule has 0 saturated heterocycles. The summed E-state index contributed by atoms with van der Waals surface area (Å²) in [6, 6.07) is 8.68. The molecule has 0 radical (unpaired) electrons. The van der Waals surface area contributed by atoms with Crippen LogP contribution in [0, 0.1) is 12.8 Å². The third kappa shape index (κ3) is 4.24. The molecule has 1 saturated carbocycles. The highest BCUT2D eigenvalue weighted by Gasteiger charge is 2.14. The van der Waals surface area contributed by atoms with Gasteiger partial charge in [0.05, 0.1) is 0 Å². The van der Waals surface area contributed by atoms with Gasteiger partial charge in [0.25, 0.3) is 0 Å². The highest BCUT2D eigenvalue weighted by atomic mass is 15.1. The largest absolute Gasteiger partial charge is 0.370 e. The standard InChI is InChI=1S/C17H28N2/c1-3-19(17-11-7-4-8-15(17)2)13-12-18-14-16-9-5-6-10-16/h4,7-8,11,16,18H,3,5-6,9-10,12-14H2,1-2H3. The van der Waals surface area contributed by atoms with Crippen LogP contribution in [0.1, 0.15) is 38.2 Å². The highest BCUT2D eigenvalue weighted by Crippen LogP contribution is 2.23. The van der Waals surface area contributed by atoms with Crippen molar-refractivity contribution in [2.75, 3.05) is 31.1 Å². The lowest BCUT2D eigenvalue weighted by Crippen LogP contribution is -2.34. The number of rotatable bonds is 7. The van der Waals surface area contributed by atoms with Crippen molar-refractivity contribution < 1.29 is 0 Å². The van der Waals surface area contributed by atoms with Gasteiger partial charge in [0, 0.05) is 25.3 Å². The molecule has 0 atom stereocenters. The van der Waals surface area contributed by atoms with Crippen LogP contribution in [0.4, 0.5) is 5.69 Å². The zero-order valence-corrected chi connectivity index (χ0v) is 12.5. The van der Waals surface area contributed by atoms with Crippen LogP contribution in [0.5, 0.6) is 0 Å². The number of nitrogens with zero attached hydrogens (tertiary/aromatic N) is 1. The van der Waals surface area contributed by atoms with Crippen molar-refractivity contribution in [2.45, 2.75) is 39.5 Å². The first kappa shape index (κ1) is 14.4. The van der Waals surface area contributed by atoms with E-state index in [1.54, 1.807) is 0 Å². The number of aryl methyl sites for hydroxylation is 1. The number of anilines is 1. The van der Waals surface area contributed by atoms with E-state index in [-0.39, 0.29) is 0 Å². The van der Waals surface area contributed by atoms with E-state index in [9.17, 15) is 0 Å². The van der Waals surface area contributed by atoms with Gasteiger partial charge in [0.1, 0.15) is 0 Å². The van der Waals surface area contributed by atoms with E-state index in [1.807, 2.05) is 0 Å². The van der Waals surface area contributed by atoms with Crippen LogP contribution in [0.2, 0.25) is 0 Å². The normalized spacial score (nSPS) is 15.9. The lowest BCUT2D eigenvalue weighted by Gasteiger charge is -2.25. The Bertz CT molecular complexity index is 369. The molecule has 2 nitrogen and oxygen atoms in total. The fraction of sp³-hybridized carbons (Fsp3) is 0.647. The minimum Gasteiger partial charge on any atom is -0.370 e. The minimum atomic E-state index is 0.938. The maximum absolute atomic E-state index is 3.64. The molecule has 0 amide bonds. The maximum Gasteiger partial charge on any atom is 0.0396 e. The minimum absolute atomic E-state index is 0.938. The van der Waals surface area contributed by atoms with Crippen LogP contribution in [0.3, 0.4) is 0 Å². The zero-order valence-electron chi connectivity index (χ0n) is 12.5. The van der Waals surface area contributed by atoms with Gasteiger partial charge in [-0.05, 0) is 50.8 Å². The van der Waals surface area contributed by atoms with E-state index < -0.39 is 0 Å². The molecule has 106 valence electrons. The Morgan fingerprint density at radius 1 is 1.21 bits per heavy atom. The molecule has 1 aliphatic rings. The molecule has 2 heteroatoms. The number of hydrogen-bond acceptors (Lipinski definition) is 2. The Balaban J connectivity index is 1.74. The molecule has 0 unspecified atom stereocenters. The molecule has 0 heterocycles. The van der Waals surface area contributed by atoms with Gasteiger partial charge in [-0.25, -0.2) is 0 Å². The molecule has 1 N–H and O–H groups in total. The van der Waals surface area contributed by atoms with Gasteiger partial charge >= 0.3 is 0 Å². The van der Waals surface area contributed by atoms with Crippen molar-refractivity contribution in [1.29, 1.82) is 0 Å². The zero-order chi connectivity index (χ0) is 13.5. The Hall–Kier alpha value is -1.02. The topological polar surface area (TPSA) is 15.3 Å². The first-order chi connectivity index (χ1) is 9.31. The van der Waals surface area contributed by atoms with E-state index in [0.29, 0.717) is 0 Å². The molecule has 0 bridgehead atoms. The van der Waals surface area contributed by atoms with Crippen LogP contribution in [-0.4, -0.2) is 26.2 Å². The number of para-hydroxylation sites is 1. The van der Waals surface area contributed by atoms with Crippen molar-refractivity contribution >= 4 is 5.69 Å². The molecule has 0 spiro atoms. The van der Waals surface area contributed by atoms with Gasteiger partial charge in [0.2, 0.25) is 0 Å². The quantitative estimate of drug-likeness (QED) is 0.754. The maximum atomic E-state index is 3.64. The van der Waals surface area contributed by atoms with Gasteiger partial charge < -0.3 is 10.2 Å². The second kappa shape index (κ2) is 7.54. The van der Waals surface area contributed by atoms with Crippen molar-refractivity contribution in [3.05, 3.63) is 29.8 Å². The summed E-state index contributed by atoms with van der Waals surface area (Å²) in [6.07, 6.45) is 5.75. The van der Waals surface area contributed by atoms with Crippen LogP contribution in [0.15, 0.2) is 24.3 Å². The molecule has 1 aromatic rings. The van der Waals surface area contributed by atoms with Gasteiger partial charge in [-0.3, -0.25) is 0 Å². The molecule has 19 heavy (non-hydrogen) atoms. The van der Waals surface area contributed by atoms with E-state index in [0.717, 1.165) is 25.6 Å². The fourth-order valence-corrected chi connectivity index (χ4v) is 3.10. The molecule has 1 aromatic carbocycles. The Labute approximate surface area is 118 Å². The predicted molar refractivity (Wildman–Crippen MR) is 83.9 cm³/mol. The van der Waals surface area contributed by atoms with E-state index in [4.69, 9.17) is 0 Å². The monoisotopic (exact) mass is 260 g/mol. The molecule has 1 aliphatic carbocycles. The smallest absolute Gasteiger partial charge is 0.0396 e. The van der Waals surface area contributed by atoms with Crippen LogP contribution >= 0.6 is 0 Å². The highest BCUT2D eigenvalue weighted by molar-refractivity contribution is 5.52. The van der Waals surface area contributed by atoms with Crippen LogP contribution < -0.4 is 10.2 Å². The van der Waals surface area contributed by atoms with Gasteiger partial charge in [-0.1, -0.05) is 31.0 Å². The Kier molecular flexibility index (Phi) is 5.71. The number of likely N-dealkylation sites (N-methyl/N-ethyl adjacent to an activating group) is 1. The van der Waals surface area contributed by atoms with Gasteiger partial charge in [-0.15, -0.1) is 0 Å². The average molecular weight is 260 g/mol. The second-order valence-corrected chi connectivity index (χ2v) is 5.72. The summed E-state index contributed by atoms with van der Waals surface area (Å²) >= 11 is 0. The Morgan fingerprint density at radius 3 is 2.63 bits per heavy atom. The summed E-state index contributed by atoms with van der Waals surface area (Å²) in [5.41, 5.74) is 2.76. The van der Waals surface area contributed by atoms with E-state index in [1.165, 1.54) is 43.5 Å². The second-order valence-electron chi connectivity index (χ2n) is 5.72. The number of benzene rings is 1. The molecular weight excluding hydrogens is 232 g/mol. The lowest BCUT2D eigenvalue weighted by molar-refractivity contribution is 0.491. The fourth-order valence-electron chi connectivity index (χ4n) is 3.10. The molecule has 0 aromatic heterocycles. The summed E-state index contributed by atoms with van der Waals surface area (Å²) in [5, 5.41) is 3.64. The average Bonchev–Trinajstić information content (AvgIpc) is 2.93. The van der Waals surface area contributed by atoms with E-state index in [2.05, 4.69) is 48.3 Å². The van der Waals surface area contributed by atoms with E-state index >= 15 is 0 Å². The van der Waals surface area contributed by atoms with Crippen molar-refractivity contribution in [3.63, 3.8) is 0 Å². The summed E-state index contributed by atoms with van der Waals surface area (Å²) < 4.78 is 0. The first-order valence-electron chi connectivity index (χ1n) is 7.82. The summed E-state index contributed by atoms with van der Waals surface area (Å²) in [6.45, 7) is 8.93. The third-order valence-corrected chi connectivity index (χ3v) is 4.30. The molecule has 2 rings (SSSR count). The lowest BCUT2D eigenvalue weighted by atomic mass is 10.1. The Morgan fingerprint density at radius 2 is 1.95 bits per heavy atom. The number of nitrogens with one attached hydrogen (secondary N) is 1. The number of hydrogen-bond donors (Lipinski definition) is 1. The van der Waals surface area contributed by atoms with Crippen molar-refractivity contribution in [1.82, 2.24) is 5.32 Å². The van der Waals surface area contributed by atoms with Crippen LogP contribution in [0.25, 0.3) is 0 Å². The summed E-state index contributed by atoms with van der Waals surface area (Å²) in [7, 11) is 0. The third-order valence-electron chi connectivity index (χ3n) is 4.30. The predicted octanol–water partition coefficient (Wildman–Crippen LogP) is 3.60. The SMILES string of the molecule is CCN(CCNCC1CCCC1)c1ccccc1C. The van der Waals surface area contributed by atoms with Gasteiger partial charge in [-0.2, -0.15) is 0 Å².